The summed E-state index contributed by atoms with van der Waals surface area (Å²) in [6, 6.07) is 4.61. The lowest BCUT2D eigenvalue weighted by atomic mass is 9.96. The van der Waals surface area contributed by atoms with Gasteiger partial charge in [0, 0.05) is 21.5 Å². The smallest absolute Gasteiger partial charge is 0.315 e. The van der Waals surface area contributed by atoms with Crippen molar-refractivity contribution in [1.82, 2.24) is 15.5 Å². The van der Waals surface area contributed by atoms with Crippen molar-refractivity contribution in [2.75, 3.05) is 0 Å². The molecule has 1 heterocycles. The number of aromatic nitrogens is 2. The van der Waals surface area contributed by atoms with E-state index in [9.17, 15) is 14.9 Å². The first kappa shape index (κ1) is 17.1. The lowest BCUT2D eigenvalue weighted by Gasteiger charge is -2.10. The van der Waals surface area contributed by atoms with Crippen LogP contribution in [-0.2, 0) is 12.0 Å². The van der Waals surface area contributed by atoms with Gasteiger partial charge >= 0.3 is 11.8 Å². The van der Waals surface area contributed by atoms with Gasteiger partial charge in [0.15, 0.2) is 5.82 Å². The SMILES string of the molecule is CC(C)(C)c1noc(C(=O)NCc2ccc(Br)cc2[N+](=O)[O-])n1. The van der Waals surface area contributed by atoms with Crippen molar-refractivity contribution in [3.63, 3.8) is 0 Å². The van der Waals surface area contributed by atoms with Crippen molar-refractivity contribution in [3.8, 4) is 0 Å². The van der Waals surface area contributed by atoms with E-state index in [4.69, 9.17) is 4.52 Å². The van der Waals surface area contributed by atoms with E-state index in [1.165, 1.54) is 6.07 Å². The minimum atomic E-state index is -0.579. The fraction of sp³-hybridized carbons (Fsp3) is 0.357. The molecule has 23 heavy (non-hydrogen) atoms. The Morgan fingerprint density at radius 3 is 2.70 bits per heavy atom. The summed E-state index contributed by atoms with van der Waals surface area (Å²) in [6.07, 6.45) is 0. The van der Waals surface area contributed by atoms with Gasteiger partial charge in [0.05, 0.1) is 11.5 Å². The van der Waals surface area contributed by atoms with E-state index in [1.54, 1.807) is 12.1 Å². The second-order valence-electron chi connectivity index (χ2n) is 5.89. The van der Waals surface area contributed by atoms with Gasteiger partial charge in [-0.3, -0.25) is 14.9 Å². The monoisotopic (exact) mass is 382 g/mol. The van der Waals surface area contributed by atoms with Gasteiger partial charge in [0.2, 0.25) is 0 Å². The van der Waals surface area contributed by atoms with Crippen LogP contribution in [0.1, 0.15) is 42.8 Å². The number of rotatable bonds is 4. The highest BCUT2D eigenvalue weighted by Gasteiger charge is 2.24. The number of hydrogen-bond acceptors (Lipinski definition) is 6. The highest BCUT2D eigenvalue weighted by Crippen LogP contribution is 2.23. The quantitative estimate of drug-likeness (QED) is 0.642. The average molecular weight is 383 g/mol. The number of halogens is 1. The Balaban J connectivity index is 2.11. The number of nitrogens with zero attached hydrogens (tertiary/aromatic N) is 3. The molecule has 0 aliphatic rings. The van der Waals surface area contributed by atoms with Crippen LogP contribution in [0.15, 0.2) is 27.2 Å². The maximum Gasteiger partial charge on any atom is 0.315 e. The molecule has 9 heteroatoms. The zero-order valence-electron chi connectivity index (χ0n) is 12.8. The minimum absolute atomic E-state index is 0.0182. The first-order valence-corrected chi connectivity index (χ1v) is 7.53. The third-order valence-electron chi connectivity index (χ3n) is 2.97. The second kappa shape index (κ2) is 6.45. The second-order valence-corrected chi connectivity index (χ2v) is 6.80. The van der Waals surface area contributed by atoms with Gasteiger partial charge in [-0.05, 0) is 12.1 Å². The Bertz CT molecular complexity index is 751. The van der Waals surface area contributed by atoms with Crippen LogP contribution in [0.3, 0.4) is 0 Å². The van der Waals surface area contributed by atoms with Crippen molar-refractivity contribution >= 4 is 27.5 Å². The topological polar surface area (TPSA) is 111 Å². The molecule has 0 saturated heterocycles. The highest BCUT2D eigenvalue weighted by atomic mass is 79.9. The summed E-state index contributed by atoms with van der Waals surface area (Å²) in [5.74, 6) is -0.336. The molecule has 0 saturated carbocycles. The lowest BCUT2D eigenvalue weighted by Crippen LogP contribution is -2.24. The maximum absolute atomic E-state index is 12.0. The number of carbonyl (C=O) groups excluding carboxylic acids is 1. The number of carbonyl (C=O) groups is 1. The summed E-state index contributed by atoms with van der Waals surface area (Å²) >= 11 is 3.18. The van der Waals surface area contributed by atoms with Crippen molar-refractivity contribution in [3.05, 3.63) is 50.1 Å². The highest BCUT2D eigenvalue weighted by molar-refractivity contribution is 9.10. The third kappa shape index (κ3) is 4.13. The number of nitro benzene ring substituents is 1. The van der Waals surface area contributed by atoms with Gasteiger partial charge < -0.3 is 9.84 Å². The fourth-order valence-electron chi connectivity index (χ4n) is 1.73. The summed E-state index contributed by atoms with van der Waals surface area (Å²) in [7, 11) is 0. The van der Waals surface area contributed by atoms with E-state index in [-0.39, 0.29) is 23.5 Å². The third-order valence-corrected chi connectivity index (χ3v) is 3.47. The number of nitro groups is 1. The van der Waals surface area contributed by atoms with E-state index in [2.05, 4.69) is 31.4 Å². The Hall–Kier alpha value is -2.29. The standard InChI is InChI=1S/C14H15BrN4O4/c1-14(2,3)13-17-12(23-18-13)11(20)16-7-8-4-5-9(15)6-10(8)19(21)22/h4-6H,7H2,1-3H3,(H,16,20). The van der Waals surface area contributed by atoms with Crippen LogP contribution in [0.4, 0.5) is 5.69 Å². The molecule has 2 aromatic rings. The average Bonchev–Trinajstić information content (AvgIpc) is 2.95. The molecule has 122 valence electrons. The van der Waals surface area contributed by atoms with E-state index in [0.717, 1.165) is 0 Å². The van der Waals surface area contributed by atoms with Crippen LogP contribution in [0, 0.1) is 10.1 Å². The number of amides is 1. The van der Waals surface area contributed by atoms with E-state index in [0.29, 0.717) is 15.9 Å². The molecule has 0 unspecified atom stereocenters. The molecule has 0 radical (unpaired) electrons. The van der Waals surface area contributed by atoms with Crippen LogP contribution in [-0.4, -0.2) is 21.0 Å². The Morgan fingerprint density at radius 2 is 2.13 bits per heavy atom. The van der Waals surface area contributed by atoms with Crippen LogP contribution < -0.4 is 5.32 Å². The van der Waals surface area contributed by atoms with Crippen LogP contribution in [0.2, 0.25) is 0 Å². The summed E-state index contributed by atoms with van der Waals surface area (Å²) in [6.45, 7) is 5.66. The molecular weight excluding hydrogens is 368 g/mol. The molecule has 1 aromatic carbocycles. The Labute approximate surface area is 140 Å². The van der Waals surface area contributed by atoms with Crippen LogP contribution in [0.25, 0.3) is 0 Å². The van der Waals surface area contributed by atoms with Crippen molar-refractivity contribution < 1.29 is 14.2 Å². The van der Waals surface area contributed by atoms with Crippen LogP contribution in [0.5, 0.6) is 0 Å². The predicted octanol–water partition coefficient (Wildman–Crippen LogP) is 2.97. The molecule has 1 N–H and O–H groups in total. The number of hydrogen-bond donors (Lipinski definition) is 1. The van der Waals surface area contributed by atoms with Crippen molar-refractivity contribution in [2.24, 2.45) is 0 Å². The summed E-state index contributed by atoms with van der Waals surface area (Å²) < 4.78 is 5.51. The molecule has 0 aliphatic heterocycles. The lowest BCUT2D eigenvalue weighted by molar-refractivity contribution is -0.385. The minimum Gasteiger partial charge on any atom is -0.343 e. The van der Waals surface area contributed by atoms with Crippen LogP contribution >= 0.6 is 15.9 Å². The molecule has 0 bridgehead atoms. The molecular formula is C14H15BrN4O4. The zero-order chi connectivity index (χ0) is 17.2. The molecule has 2 rings (SSSR count). The summed E-state index contributed by atoms with van der Waals surface area (Å²) in [5, 5.41) is 17.3. The van der Waals surface area contributed by atoms with Gasteiger partial charge in [-0.15, -0.1) is 0 Å². The predicted molar refractivity (Wildman–Crippen MR) is 85.0 cm³/mol. The Morgan fingerprint density at radius 1 is 1.43 bits per heavy atom. The first-order chi connectivity index (χ1) is 10.7. The summed E-state index contributed by atoms with van der Waals surface area (Å²) in [5.41, 5.74) is -0.0466. The van der Waals surface area contributed by atoms with E-state index < -0.39 is 10.8 Å². The molecule has 0 fully saturated rings. The maximum atomic E-state index is 12.0. The van der Waals surface area contributed by atoms with Crippen molar-refractivity contribution in [2.45, 2.75) is 32.7 Å². The molecule has 0 atom stereocenters. The molecule has 8 nitrogen and oxygen atoms in total. The largest absolute Gasteiger partial charge is 0.343 e. The van der Waals surface area contributed by atoms with Gasteiger partial charge in [0.1, 0.15) is 0 Å². The normalized spacial score (nSPS) is 11.3. The van der Waals surface area contributed by atoms with Gasteiger partial charge in [-0.2, -0.15) is 4.98 Å². The summed E-state index contributed by atoms with van der Waals surface area (Å²) in [4.78, 5) is 26.6. The zero-order valence-corrected chi connectivity index (χ0v) is 14.4. The van der Waals surface area contributed by atoms with E-state index >= 15 is 0 Å². The van der Waals surface area contributed by atoms with E-state index in [1.807, 2.05) is 20.8 Å². The molecule has 0 spiro atoms. The Kier molecular flexibility index (Phi) is 4.79. The number of nitrogens with one attached hydrogen (secondary N) is 1. The van der Waals surface area contributed by atoms with Crippen molar-refractivity contribution in [1.29, 1.82) is 0 Å². The number of benzene rings is 1. The molecule has 1 amide bonds. The first-order valence-electron chi connectivity index (χ1n) is 6.73. The molecule has 1 aromatic heterocycles. The van der Waals surface area contributed by atoms with Gasteiger partial charge in [0.25, 0.3) is 5.69 Å². The molecule has 0 aliphatic carbocycles. The fourth-order valence-corrected chi connectivity index (χ4v) is 2.08. The van der Waals surface area contributed by atoms with Gasteiger partial charge in [-0.25, -0.2) is 0 Å². The van der Waals surface area contributed by atoms with Gasteiger partial charge in [-0.1, -0.05) is 41.9 Å².